The first-order valence-corrected chi connectivity index (χ1v) is 11.2. The first-order chi connectivity index (χ1) is 13.5. The van der Waals surface area contributed by atoms with E-state index in [1.165, 1.54) is 11.3 Å². The number of carbonyl (C=O) groups is 1. The molecule has 3 rings (SSSR count). The lowest BCUT2D eigenvalue weighted by atomic mass is 10.2. The van der Waals surface area contributed by atoms with Crippen molar-refractivity contribution in [3.05, 3.63) is 48.0 Å². The van der Waals surface area contributed by atoms with Crippen molar-refractivity contribution >= 4 is 44.4 Å². The molecule has 0 N–H and O–H groups in total. The van der Waals surface area contributed by atoms with Crippen molar-refractivity contribution in [1.82, 2.24) is 9.88 Å². The van der Waals surface area contributed by atoms with Gasteiger partial charge in [0.1, 0.15) is 11.3 Å². The summed E-state index contributed by atoms with van der Waals surface area (Å²) >= 11 is 3.18. The van der Waals surface area contributed by atoms with Crippen LogP contribution < -0.4 is 9.64 Å². The number of ether oxygens (including phenoxy) is 1. The van der Waals surface area contributed by atoms with Gasteiger partial charge in [0.25, 0.3) is 5.91 Å². The monoisotopic (exact) mass is 415 g/mol. The van der Waals surface area contributed by atoms with Crippen molar-refractivity contribution in [1.29, 1.82) is 0 Å². The second-order valence-electron chi connectivity index (χ2n) is 6.52. The minimum Gasteiger partial charge on any atom is -0.492 e. The van der Waals surface area contributed by atoms with E-state index in [4.69, 9.17) is 9.72 Å². The summed E-state index contributed by atoms with van der Waals surface area (Å²) in [6, 6.07) is 13.6. The van der Waals surface area contributed by atoms with E-state index in [1.807, 2.05) is 69.7 Å². The number of likely N-dealkylation sites (N-methyl/N-ethyl adjacent to an activating group) is 1. The summed E-state index contributed by atoms with van der Waals surface area (Å²) in [5.41, 5.74) is 1.48. The van der Waals surface area contributed by atoms with Gasteiger partial charge in [-0.3, -0.25) is 9.69 Å². The molecule has 0 fully saturated rings. The number of fused-ring (bicyclic) bond motifs is 1. The fourth-order valence-electron chi connectivity index (χ4n) is 2.77. The Bertz CT molecular complexity index is 938. The summed E-state index contributed by atoms with van der Waals surface area (Å²) in [7, 11) is 4.00. The molecule has 28 heavy (non-hydrogen) atoms. The summed E-state index contributed by atoms with van der Waals surface area (Å²) in [5, 5.41) is 0.697. The lowest BCUT2D eigenvalue weighted by Gasteiger charge is -2.22. The van der Waals surface area contributed by atoms with E-state index >= 15 is 0 Å². The van der Waals surface area contributed by atoms with Crippen molar-refractivity contribution in [2.75, 3.05) is 44.9 Å². The molecule has 0 spiro atoms. The second kappa shape index (κ2) is 9.41. The van der Waals surface area contributed by atoms with Gasteiger partial charge in [-0.15, -0.1) is 11.8 Å². The quantitative estimate of drug-likeness (QED) is 0.502. The first-order valence-electron chi connectivity index (χ1n) is 9.16. The zero-order valence-electron chi connectivity index (χ0n) is 16.6. The molecule has 0 atom stereocenters. The summed E-state index contributed by atoms with van der Waals surface area (Å²) in [6.07, 6.45) is 2.03. The molecule has 0 unspecified atom stereocenters. The maximum atomic E-state index is 13.3. The molecular formula is C21H25N3O2S2. The summed E-state index contributed by atoms with van der Waals surface area (Å²) in [5.74, 6) is 0.721. The fraction of sp³-hybridized carbons (Fsp3) is 0.333. The molecule has 7 heteroatoms. The molecule has 0 bridgehead atoms. The Morgan fingerprint density at radius 3 is 2.54 bits per heavy atom. The van der Waals surface area contributed by atoms with Gasteiger partial charge in [0.2, 0.25) is 0 Å². The third-order valence-electron chi connectivity index (χ3n) is 4.25. The van der Waals surface area contributed by atoms with Crippen LogP contribution in [0.5, 0.6) is 5.75 Å². The molecule has 1 heterocycles. The number of rotatable bonds is 8. The fourth-order valence-corrected chi connectivity index (χ4v) is 4.19. The molecule has 0 aliphatic carbocycles. The van der Waals surface area contributed by atoms with Crippen LogP contribution >= 0.6 is 23.1 Å². The van der Waals surface area contributed by atoms with Crippen LogP contribution in [0.3, 0.4) is 0 Å². The number of amides is 1. The molecule has 0 saturated heterocycles. The van der Waals surface area contributed by atoms with Crippen LogP contribution in [0, 0.1) is 0 Å². The maximum absolute atomic E-state index is 13.3. The summed E-state index contributed by atoms with van der Waals surface area (Å²) in [6.45, 7) is 3.86. The summed E-state index contributed by atoms with van der Waals surface area (Å²) < 4.78 is 6.73. The zero-order chi connectivity index (χ0) is 20.1. The molecule has 0 saturated carbocycles. The van der Waals surface area contributed by atoms with Crippen molar-refractivity contribution < 1.29 is 9.53 Å². The smallest absolute Gasteiger partial charge is 0.260 e. The highest BCUT2D eigenvalue weighted by Gasteiger charge is 2.22. The largest absolute Gasteiger partial charge is 0.492 e. The van der Waals surface area contributed by atoms with Crippen LogP contribution in [-0.2, 0) is 0 Å². The summed E-state index contributed by atoms with van der Waals surface area (Å²) in [4.78, 5) is 23.0. The highest BCUT2D eigenvalue weighted by molar-refractivity contribution is 7.98. The number of hydrogen-bond donors (Lipinski definition) is 0. The third kappa shape index (κ3) is 4.66. The molecule has 1 amide bonds. The number of anilines is 1. The molecule has 0 aliphatic heterocycles. The number of thiazole rings is 1. The van der Waals surface area contributed by atoms with Gasteiger partial charge in [-0.25, -0.2) is 4.98 Å². The highest BCUT2D eigenvalue weighted by atomic mass is 32.2. The number of hydrogen-bond acceptors (Lipinski definition) is 6. The minimum atomic E-state index is -0.0356. The minimum absolute atomic E-state index is 0.0356. The van der Waals surface area contributed by atoms with E-state index in [9.17, 15) is 4.79 Å². The average molecular weight is 416 g/mol. The molecule has 2 aromatic carbocycles. The number of carbonyl (C=O) groups excluding carboxylic acids is 1. The lowest BCUT2D eigenvalue weighted by Crippen LogP contribution is -2.36. The van der Waals surface area contributed by atoms with Gasteiger partial charge in [0, 0.05) is 23.5 Å². The van der Waals surface area contributed by atoms with Crippen LogP contribution in [0.4, 0.5) is 5.13 Å². The van der Waals surface area contributed by atoms with E-state index in [0.717, 1.165) is 27.4 Å². The Labute approximate surface area is 174 Å². The predicted molar refractivity (Wildman–Crippen MR) is 119 cm³/mol. The lowest BCUT2D eigenvalue weighted by molar-refractivity contribution is 0.0985. The van der Waals surface area contributed by atoms with Crippen LogP contribution in [0.25, 0.3) is 10.2 Å². The van der Waals surface area contributed by atoms with E-state index in [2.05, 4.69) is 4.90 Å². The van der Waals surface area contributed by atoms with Crippen molar-refractivity contribution in [3.8, 4) is 5.75 Å². The molecule has 5 nitrogen and oxygen atoms in total. The number of para-hydroxylation sites is 1. The first kappa shape index (κ1) is 20.6. The van der Waals surface area contributed by atoms with Crippen LogP contribution in [0.1, 0.15) is 17.3 Å². The van der Waals surface area contributed by atoms with Crippen molar-refractivity contribution in [2.24, 2.45) is 0 Å². The normalized spacial score (nSPS) is 11.2. The van der Waals surface area contributed by atoms with E-state index in [1.54, 1.807) is 16.7 Å². The molecule has 1 aromatic heterocycles. The average Bonchev–Trinajstić information content (AvgIpc) is 3.13. The Kier molecular flexibility index (Phi) is 6.93. The predicted octanol–water partition coefficient (Wildman–Crippen LogP) is 4.63. The van der Waals surface area contributed by atoms with Crippen molar-refractivity contribution in [2.45, 2.75) is 11.8 Å². The van der Waals surface area contributed by atoms with Gasteiger partial charge in [-0.05, 0) is 63.7 Å². The van der Waals surface area contributed by atoms with Gasteiger partial charge in [0.05, 0.1) is 11.3 Å². The van der Waals surface area contributed by atoms with Gasteiger partial charge in [0.15, 0.2) is 5.13 Å². The van der Waals surface area contributed by atoms with Crippen LogP contribution in [-0.4, -0.2) is 55.8 Å². The Hall–Kier alpha value is -2.09. The van der Waals surface area contributed by atoms with Gasteiger partial charge >= 0.3 is 0 Å². The Balaban J connectivity index is 1.98. The van der Waals surface area contributed by atoms with E-state index < -0.39 is 0 Å². The number of benzene rings is 2. The highest BCUT2D eigenvalue weighted by Crippen LogP contribution is 2.34. The second-order valence-corrected chi connectivity index (χ2v) is 8.41. The Morgan fingerprint density at radius 2 is 1.89 bits per heavy atom. The molecule has 3 aromatic rings. The number of thioether (sulfide) groups is 1. The number of aromatic nitrogens is 1. The maximum Gasteiger partial charge on any atom is 0.260 e. The molecule has 0 radical (unpaired) electrons. The Morgan fingerprint density at radius 1 is 1.14 bits per heavy atom. The molecule has 148 valence electrons. The van der Waals surface area contributed by atoms with E-state index in [-0.39, 0.29) is 5.91 Å². The van der Waals surface area contributed by atoms with Crippen LogP contribution in [0.15, 0.2) is 47.4 Å². The number of nitrogens with zero attached hydrogens (tertiary/aromatic N) is 3. The van der Waals surface area contributed by atoms with Crippen LogP contribution in [0.2, 0.25) is 0 Å². The topological polar surface area (TPSA) is 45.7 Å². The SMILES string of the molecule is CCOc1cccc2sc(N(CCN(C)C)C(=O)c3ccc(SC)cc3)nc12. The standard InChI is InChI=1S/C21H25N3O2S2/c1-5-26-17-7-6-8-18-19(17)22-21(28-18)24(14-13-23(2)3)20(25)15-9-11-16(27-4)12-10-15/h6-12H,5,13-14H2,1-4H3. The zero-order valence-corrected chi connectivity index (χ0v) is 18.3. The molecular weight excluding hydrogens is 390 g/mol. The van der Waals surface area contributed by atoms with Gasteiger partial charge < -0.3 is 9.64 Å². The molecule has 0 aliphatic rings. The van der Waals surface area contributed by atoms with Gasteiger partial charge in [-0.1, -0.05) is 17.4 Å². The van der Waals surface area contributed by atoms with Gasteiger partial charge in [-0.2, -0.15) is 0 Å². The van der Waals surface area contributed by atoms with E-state index in [0.29, 0.717) is 23.8 Å². The third-order valence-corrected chi connectivity index (χ3v) is 6.04. The van der Waals surface area contributed by atoms with Crippen molar-refractivity contribution in [3.63, 3.8) is 0 Å².